The molecule has 0 bridgehead atoms. The van der Waals surface area contributed by atoms with Gasteiger partial charge in [-0.05, 0) is 19.9 Å². The molecule has 78 valence electrons. The van der Waals surface area contributed by atoms with E-state index >= 15 is 0 Å². The zero-order valence-electron chi connectivity index (χ0n) is 8.27. The fourth-order valence-electron chi connectivity index (χ4n) is 1.91. The molecule has 0 aliphatic heterocycles. The molecule has 3 nitrogen and oxygen atoms in total. The highest BCUT2D eigenvalue weighted by molar-refractivity contribution is 8.01. The molecule has 14 heavy (non-hydrogen) atoms. The molecule has 1 aliphatic carbocycles. The number of nitrogens with zero attached hydrogens (tertiary/aromatic N) is 2. The Morgan fingerprint density at radius 2 is 2.36 bits per heavy atom. The first-order chi connectivity index (χ1) is 6.90. The van der Waals surface area contributed by atoms with Crippen molar-refractivity contribution in [2.75, 3.05) is 7.05 Å². The molecule has 1 heterocycles. The molecule has 0 aromatic carbocycles. The zero-order valence-corrected chi connectivity index (χ0v) is 9.90. The van der Waals surface area contributed by atoms with Crippen molar-refractivity contribution in [2.24, 2.45) is 0 Å². The summed E-state index contributed by atoms with van der Waals surface area (Å²) in [4.78, 5) is 0. The SMILES string of the molecule is CNC1CCCCC1Sc1nncs1. The number of aromatic nitrogens is 2. The molecule has 2 unspecified atom stereocenters. The van der Waals surface area contributed by atoms with Crippen LogP contribution in [0.4, 0.5) is 0 Å². The van der Waals surface area contributed by atoms with Gasteiger partial charge in [0.1, 0.15) is 5.51 Å². The molecular weight excluding hydrogens is 214 g/mol. The number of hydrogen-bond acceptors (Lipinski definition) is 5. The Labute approximate surface area is 92.7 Å². The molecule has 1 aliphatic rings. The Morgan fingerprint density at radius 3 is 3.07 bits per heavy atom. The second kappa shape index (κ2) is 5.09. The first-order valence-corrected chi connectivity index (χ1v) is 6.76. The highest BCUT2D eigenvalue weighted by Gasteiger charge is 2.25. The van der Waals surface area contributed by atoms with Gasteiger partial charge in [-0.25, -0.2) is 0 Å². The van der Waals surface area contributed by atoms with Gasteiger partial charge in [-0.1, -0.05) is 35.9 Å². The molecule has 1 fully saturated rings. The van der Waals surface area contributed by atoms with Crippen molar-refractivity contribution in [1.29, 1.82) is 0 Å². The third-order valence-corrected chi connectivity index (χ3v) is 4.88. The van der Waals surface area contributed by atoms with Crippen molar-refractivity contribution in [2.45, 2.75) is 41.3 Å². The van der Waals surface area contributed by atoms with Gasteiger partial charge in [-0.15, -0.1) is 10.2 Å². The summed E-state index contributed by atoms with van der Waals surface area (Å²) in [7, 11) is 2.06. The van der Waals surface area contributed by atoms with Gasteiger partial charge < -0.3 is 5.32 Å². The molecule has 2 rings (SSSR count). The summed E-state index contributed by atoms with van der Waals surface area (Å²) in [6.45, 7) is 0. The van der Waals surface area contributed by atoms with E-state index in [1.165, 1.54) is 25.7 Å². The molecule has 1 N–H and O–H groups in total. The van der Waals surface area contributed by atoms with E-state index in [4.69, 9.17) is 0 Å². The number of nitrogens with one attached hydrogen (secondary N) is 1. The first-order valence-electron chi connectivity index (χ1n) is 5.00. The third kappa shape index (κ3) is 2.46. The van der Waals surface area contributed by atoms with E-state index in [1.54, 1.807) is 16.8 Å². The quantitative estimate of drug-likeness (QED) is 0.862. The Morgan fingerprint density at radius 1 is 1.50 bits per heavy atom. The van der Waals surface area contributed by atoms with Crippen LogP contribution in [0.25, 0.3) is 0 Å². The molecule has 2 atom stereocenters. The normalized spacial score (nSPS) is 27.8. The minimum atomic E-state index is 0.651. The first kappa shape index (κ1) is 10.4. The largest absolute Gasteiger partial charge is 0.316 e. The zero-order chi connectivity index (χ0) is 9.80. The molecular formula is C9H15N3S2. The summed E-state index contributed by atoms with van der Waals surface area (Å²) in [6.07, 6.45) is 5.32. The monoisotopic (exact) mass is 229 g/mol. The lowest BCUT2D eigenvalue weighted by atomic mass is 9.95. The van der Waals surface area contributed by atoms with Gasteiger partial charge in [-0.2, -0.15) is 0 Å². The van der Waals surface area contributed by atoms with Crippen molar-refractivity contribution >= 4 is 23.1 Å². The van der Waals surface area contributed by atoms with Crippen LogP contribution in [0.15, 0.2) is 9.85 Å². The Bertz CT molecular complexity index is 263. The van der Waals surface area contributed by atoms with E-state index in [9.17, 15) is 0 Å². The van der Waals surface area contributed by atoms with Crippen LogP contribution in [0.3, 0.4) is 0 Å². The van der Waals surface area contributed by atoms with Gasteiger partial charge in [0, 0.05) is 11.3 Å². The summed E-state index contributed by atoms with van der Waals surface area (Å²) in [5, 5.41) is 12.0. The second-order valence-electron chi connectivity index (χ2n) is 3.54. The van der Waals surface area contributed by atoms with Crippen LogP contribution in [0, 0.1) is 0 Å². The van der Waals surface area contributed by atoms with Gasteiger partial charge in [0.2, 0.25) is 0 Å². The smallest absolute Gasteiger partial charge is 0.174 e. The lowest BCUT2D eigenvalue weighted by molar-refractivity contribution is 0.405. The van der Waals surface area contributed by atoms with Crippen LogP contribution in [0.5, 0.6) is 0 Å². The Hall–Kier alpha value is -0.130. The van der Waals surface area contributed by atoms with Crippen LogP contribution >= 0.6 is 23.1 Å². The molecule has 0 radical (unpaired) electrons. The predicted octanol–water partition coefficient (Wildman–Crippen LogP) is 2.16. The maximum absolute atomic E-state index is 4.08. The number of thioether (sulfide) groups is 1. The minimum Gasteiger partial charge on any atom is -0.316 e. The van der Waals surface area contributed by atoms with Crippen LogP contribution in [0.1, 0.15) is 25.7 Å². The lowest BCUT2D eigenvalue weighted by Crippen LogP contribution is -2.38. The van der Waals surface area contributed by atoms with Crippen molar-refractivity contribution in [3.8, 4) is 0 Å². The highest BCUT2D eigenvalue weighted by atomic mass is 32.2. The predicted molar refractivity (Wildman–Crippen MR) is 60.9 cm³/mol. The Balaban J connectivity index is 1.94. The number of rotatable bonds is 3. The lowest BCUT2D eigenvalue weighted by Gasteiger charge is -2.29. The van der Waals surface area contributed by atoms with E-state index in [0.717, 1.165) is 4.34 Å². The van der Waals surface area contributed by atoms with Crippen molar-refractivity contribution in [3.63, 3.8) is 0 Å². The van der Waals surface area contributed by atoms with Crippen LogP contribution in [-0.2, 0) is 0 Å². The van der Waals surface area contributed by atoms with Gasteiger partial charge in [0.25, 0.3) is 0 Å². The van der Waals surface area contributed by atoms with E-state index in [-0.39, 0.29) is 0 Å². The highest BCUT2D eigenvalue weighted by Crippen LogP contribution is 2.34. The minimum absolute atomic E-state index is 0.651. The molecule has 0 amide bonds. The topological polar surface area (TPSA) is 37.8 Å². The molecule has 1 aromatic heterocycles. The van der Waals surface area contributed by atoms with E-state index in [0.29, 0.717) is 11.3 Å². The maximum Gasteiger partial charge on any atom is 0.174 e. The van der Waals surface area contributed by atoms with Gasteiger partial charge in [0.05, 0.1) is 0 Å². The van der Waals surface area contributed by atoms with Crippen LogP contribution < -0.4 is 5.32 Å². The summed E-state index contributed by atoms with van der Waals surface area (Å²) in [6, 6.07) is 0.651. The summed E-state index contributed by atoms with van der Waals surface area (Å²) in [5.74, 6) is 0. The standard InChI is InChI=1S/C9H15N3S2/c1-10-7-4-2-3-5-8(7)14-9-12-11-6-13-9/h6-8,10H,2-5H2,1H3. The second-order valence-corrected chi connectivity index (χ2v) is 5.86. The average molecular weight is 229 g/mol. The van der Waals surface area contributed by atoms with Gasteiger partial charge in [-0.3, -0.25) is 0 Å². The fraction of sp³-hybridized carbons (Fsp3) is 0.778. The van der Waals surface area contributed by atoms with E-state index in [1.807, 2.05) is 11.8 Å². The summed E-state index contributed by atoms with van der Waals surface area (Å²) < 4.78 is 1.11. The van der Waals surface area contributed by atoms with Gasteiger partial charge >= 0.3 is 0 Å². The fourth-order valence-corrected chi connectivity index (χ4v) is 3.99. The molecule has 0 spiro atoms. The van der Waals surface area contributed by atoms with Crippen molar-refractivity contribution < 1.29 is 0 Å². The molecule has 1 aromatic rings. The Kier molecular flexibility index (Phi) is 3.78. The summed E-state index contributed by atoms with van der Waals surface area (Å²) >= 11 is 3.53. The van der Waals surface area contributed by atoms with Crippen LogP contribution in [-0.4, -0.2) is 28.5 Å². The third-order valence-electron chi connectivity index (χ3n) is 2.67. The van der Waals surface area contributed by atoms with E-state index in [2.05, 4.69) is 22.6 Å². The van der Waals surface area contributed by atoms with Crippen LogP contribution in [0.2, 0.25) is 0 Å². The van der Waals surface area contributed by atoms with Gasteiger partial charge in [0.15, 0.2) is 4.34 Å². The van der Waals surface area contributed by atoms with Crippen molar-refractivity contribution in [1.82, 2.24) is 15.5 Å². The number of hydrogen-bond donors (Lipinski definition) is 1. The molecule has 1 saturated carbocycles. The van der Waals surface area contributed by atoms with E-state index < -0.39 is 0 Å². The van der Waals surface area contributed by atoms with Crippen molar-refractivity contribution in [3.05, 3.63) is 5.51 Å². The summed E-state index contributed by atoms with van der Waals surface area (Å²) in [5.41, 5.74) is 1.81. The molecule has 5 heteroatoms. The average Bonchev–Trinajstić information content (AvgIpc) is 2.71. The maximum atomic E-state index is 4.08. The molecule has 0 saturated heterocycles.